The van der Waals surface area contributed by atoms with Crippen molar-refractivity contribution in [2.24, 2.45) is 53.3 Å². The van der Waals surface area contributed by atoms with Gasteiger partial charge in [-0.3, -0.25) is 9.59 Å². The maximum absolute atomic E-state index is 12.7. The third kappa shape index (κ3) is 0.566. The molecule has 0 aromatic carbocycles. The second-order valence-electron chi connectivity index (χ2n) is 7.64. The van der Waals surface area contributed by atoms with E-state index in [0.717, 1.165) is 30.1 Å². The molecule has 94 valence electrons. The molecule has 5 aliphatic carbocycles. The number of ketones is 1. The molecule has 0 aromatic rings. The molecule has 3 heteroatoms. The normalized spacial score (nSPS) is 71.2. The molecule has 0 unspecified atom stereocenters. The van der Waals surface area contributed by atoms with Crippen LogP contribution < -0.4 is 0 Å². The molecule has 3 nitrogen and oxygen atoms in total. The molecule has 0 saturated heterocycles. The Morgan fingerprint density at radius 3 is 2.83 bits per heavy atom. The number of hydrogen-bond donors (Lipinski definition) is 0. The predicted octanol–water partition coefficient (Wildman–Crippen LogP) is 1.26. The quantitative estimate of drug-likeness (QED) is 0.515. The number of carbonyl (C=O) groups is 2. The Labute approximate surface area is 105 Å². The lowest BCUT2D eigenvalue weighted by Gasteiger charge is -2.58. The van der Waals surface area contributed by atoms with Crippen LogP contribution in [-0.4, -0.2) is 17.4 Å². The average molecular weight is 244 g/mol. The number of esters is 1. The average Bonchev–Trinajstić information content (AvgIpc) is 2.89. The summed E-state index contributed by atoms with van der Waals surface area (Å²) in [5.41, 5.74) is -0.343. The molecule has 5 aliphatic rings. The highest BCUT2D eigenvalue weighted by Crippen LogP contribution is 2.87. The fourth-order valence-corrected chi connectivity index (χ4v) is 8.08. The van der Waals surface area contributed by atoms with Gasteiger partial charge >= 0.3 is 5.97 Å². The van der Waals surface area contributed by atoms with E-state index < -0.39 is 0 Å². The van der Waals surface area contributed by atoms with Gasteiger partial charge < -0.3 is 4.74 Å². The molecule has 5 fully saturated rings. The van der Waals surface area contributed by atoms with Crippen molar-refractivity contribution in [3.8, 4) is 0 Å². The number of Topliss-reactive ketones (excluding diaryl/α,β-unsaturated/α-hetero) is 1. The Balaban J connectivity index is 1.64. The van der Waals surface area contributed by atoms with Gasteiger partial charge in [0.05, 0.1) is 5.92 Å². The van der Waals surface area contributed by atoms with Gasteiger partial charge in [0.15, 0.2) is 0 Å². The summed E-state index contributed by atoms with van der Waals surface area (Å²) in [4.78, 5) is 24.2. The van der Waals surface area contributed by atoms with Gasteiger partial charge in [0, 0.05) is 18.8 Å². The molecular formula is C15H16O3. The van der Waals surface area contributed by atoms with Crippen molar-refractivity contribution in [2.45, 2.75) is 25.4 Å². The summed E-state index contributed by atoms with van der Waals surface area (Å²) >= 11 is 0. The number of fused-ring (bicyclic) bond motifs is 14. The number of ether oxygens (including phenoxy) is 1. The van der Waals surface area contributed by atoms with Gasteiger partial charge in [0.1, 0.15) is 11.4 Å². The van der Waals surface area contributed by atoms with Crippen molar-refractivity contribution >= 4 is 11.8 Å². The maximum Gasteiger partial charge on any atom is 0.303 e. The fourth-order valence-electron chi connectivity index (χ4n) is 8.08. The van der Waals surface area contributed by atoms with Gasteiger partial charge in [-0.1, -0.05) is 0 Å². The molecule has 0 aromatic heterocycles. The summed E-state index contributed by atoms with van der Waals surface area (Å²) in [6, 6.07) is 0. The summed E-state index contributed by atoms with van der Waals surface area (Å²) in [7, 11) is 0. The maximum atomic E-state index is 12.7. The van der Waals surface area contributed by atoms with E-state index in [0.29, 0.717) is 23.5 Å². The SMILES string of the molecule is CC(=O)O[C@@]12C[C@@H]3[C@@H]4[C@@H]5C[C@H]6[C@@H](C(=O)[C@@H]1[C@@H]3[C@H]64)[C@@H]52. The number of carbonyl (C=O) groups excluding carboxylic acids is 2. The minimum absolute atomic E-state index is 0.101. The smallest absolute Gasteiger partial charge is 0.303 e. The topological polar surface area (TPSA) is 43.4 Å². The van der Waals surface area contributed by atoms with Crippen LogP contribution in [0.1, 0.15) is 19.8 Å². The van der Waals surface area contributed by atoms with Crippen LogP contribution in [0.3, 0.4) is 0 Å². The standard InChI is InChI=1S/C15H16O3/c1-4(16)18-15-3-7-8-6-2-5-9(8)10(7)13(15)14(17)11(5)12(6)15/h5-13H,2-3H2,1H3/t5-,6+,7-,8+,9-,10+,11-,12-,13+,15-/m1/s1. The van der Waals surface area contributed by atoms with Crippen molar-refractivity contribution in [3.63, 3.8) is 0 Å². The van der Waals surface area contributed by atoms with E-state index in [1.54, 1.807) is 0 Å². The molecule has 5 saturated carbocycles. The monoisotopic (exact) mass is 244 g/mol. The zero-order chi connectivity index (χ0) is 12.0. The minimum Gasteiger partial charge on any atom is -0.458 e. The minimum atomic E-state index is -0.343. The second-order valence-corrected chi connectivity index (χ2v) is 7.64. The van der Waals surface area contributed by atoms with E-state index in [1.165, 1.54) is 13.3 Å². The first-order valence-corrected chi connectivity index (χ1v) is 7.38. The van der Waals surface area contributed by atoms with Crippen LogP contribution in [0.25, 0.3) is 0 Å². The Morgan fingerprint density at radius 1 is 1.22 bits per heavy atom. The van der Waals surface area contributed by atoms with E-state index in [2.05, 4.69) is 0 Å². The van der Waals surface area contributed by atoms with Crippen LogP contribution in [0, 0.1) is 53.3 Å². The molecule has 18 heavy (non-hydrogen) atoms. The van der Waals surface area contributed by atoms with E-state index in [9.17, 15) is 9.59 Å². The van der Waals surface area contributed by atoms with Crippen LogP contribution in [0.4, 0.5) is 0 Å². The molecule has 0 radical (unpaired) electrons. The van der Waals surface area contributed by atoms with Gasteiger partial charge in [0.25, 0.3) is 0 Å². The summed E-state index contributed by atoms with van der Waals surface area (Å²) in [6.07, 6.45) is 2.28. The van der Waals surface area contributed by atoms with Gasteiger partial charge in [0.2, 0.25) is 0 Å². The first-order valence-electron chi connectivity index (χ1n) is 7.38. The summed E-state index contributed by atoms with van der Waals surface area (Å²) in [6.45, 7) is 1.51. The lowest BCUT2D eigenvalue weighted by Crippen LogP contribution is -2.58. The van der Waals surface area contributed by atoms with E-state index >= 15 is 0 Å². The van der Waals surface area contributed by atoms with E-state index in [4.69, 9.17) is 4.74 Å². The highest BCUT2D eigenvalue weighted by Gasteiger charge is 2.89. The van der Waals surface area contributed by atoms with Crippen molar-refractivity contribution in [1.29, 1.82) is 0 Å². The highest BCUT2D eigenvalue weighted by atomic mass is 16.6. The predicted molar refractivity (Wildman–Crippen MR) is 60.1 cm³/mol. The lowest BCUT2D eigenvalue weighted by atomic mass is 9.45. The van der Waals surface area contributed by atoms with Gasteiger partial charge in [-0.15, -0.1) is 0 Å². The zero-order valence-corrected chi connectivity index (χ0v) is 10.3. The van der Waals surface area contributed by atoms with Crippen LogP contribution in [0.15, 0.2) is 0 Å². The molecule has 0 aliphatic heterocycles. The van der Waals surface area contributed by atoms with Gasteiger partial charge in [-0.25, -0.2) is 0 Å². The van der Waals surface area contributed by atoms with Gasteiger partial charge in [-0.2, -0.15) is 0 Å². The molecule has 5 rings (SSSR count). The fraction of sp³-hybridized carbons (Fsp3) is 0.867. The Hall–Kier alpha value is -0.860. The highest BCUT2D eigenvalue weighted by molar-refractivity contribution is 5.92. The van der Waals surface area contributed by atoms with E-state index in [1.807, 2.05) is 0 Å². The molecule has 0 N–H and O–H groups in total. The Morgan fingerprint density at radius 2 is 2.06 bits per heavy atom. The first kappa shape index (κ1) is 9.11. The molecule has 10 atom stereocenters. The Kier molecular flexibility index (Phi) is 1.11. The van der Waals surface area contributed by atoms with Crippen LogP contribution >= 0.6 is 0 Å². The second kappa shape index (κ2) is 2.19. The third-order valence-electron chi connectivity index (χ3n) is 7.72. The molecule has 0 amide bonds. The molecule has 2 bridgehead atoms. The first-order chi connectivity index (χ1) is 8.65. The summed E-state index contributed by atoms with van der Waals surface area (Å²) in [5.74, 6) is 5.55. The van der Waals surface area contributed by atoms with Crippen molar-refractivity contribution < 1.29 is 14.3 Å². The van der Waals surface area contributed by atoms with Crippen LogP contribution in [0.5, 0.6) is 0 Å². The van der Waals surface area contributed by atoms with Crippen molar-refractivity contribution in [2.75, 3.05) is 0 Å². The van der Waals surface area contributed by atoms with Crippen molar-refractivity contribution in [3.05, 3.63) is 0 Å². The summed E-state index contributed by atoms with van der Waals surface area (Å²) < 4.78 is 5.86. The van der Waals surface area contributed by atoms with Crippen molar-refractivity contribution in [1.82, 2.24) is 0 Å². The van der Waals surface area contributed by atoms with Gasteiger partial charge in [-0.05, 0) is 48.3 Å². The third-order valence-corrected chi connectivity index (χ3v) is 7.72. The van der Waals surface area contributed by atoms with E-state index in [-0.39, 0.29) is 23.4 Å². The zero-order valence-electron chi connectivity index (χ0n) is 10.3. The number of hydrogen-bond acceptors (Lipinski definition) is 3. The molecular weight excluding hydrogens is 228 g/mol. The molecule has 0 heterocycles. The van der Waals surface area contributed by atoms with Crippen LogP contribution in [-0.2, 0) is 14.3 Å². The number of rotatable bonds is 1. The molecule has 0 spiro atoms. The largest absolute Gasteiger partial charge is 0.458 e. The summed E-state index contributed by atoms with van der Waals surface area (Å²) in [5, 5.41) is 0. The Bertz CT molecular complexity index is 540. The van der Waals surface area contributed by atoms with Crippen LogP contribution in [0.2, 0.25) is 0 Å². The lowest BCUT2D eigenvalue weighted by molar-refractivity contribution is -0.178.